The summed E-state index contributed by atoms with van der Waals surface area (Å²) < 4.78 is 0. The summed E-state index contributed by atoms with van der Waals surface area (Å²) in [6.07, 6.45) is 8.51. The first-order valence-corrected chi connectivity index (χ1v) is 4.38. The predicted molar refractivity (Wildman–Crippen MR) is 43.4 cm³/mol. The second kappa shape index (κ2) is 1.82. The second-order valence-electron chi connectivity index (χ2n) is 3.94. The van der Waals surface area contributed by atoms with Gasteiger partial charge in [0.15, 0.2) is 0 Å². The van der Waals surface area contributed by atoms with Crippen LogP contribution in [0.15, 0.2) is 24.3 Å². The molecule has 3 unspecified atom stereocenters. The van der Waals surface area contributed by atoms with Crippen LogP contribution >= 0.6 is 0 Å². The van der Waals surface area contributed by atoms with Crippen LogP contribution in [0.3, 0.4) is 0 Å². The van der Waals surface area contributed by atoms with E-state index in [2.05, 4.69) is 24.3 Å². The second-order valence-corrected chi connectivity index (χ2v) is 3.94. The molecule has 0 saturated heterocycles. The van der Waals surface area contributed by atoms with E-state index in [1.54, 1.807) is 0 Å². The monoisotopic (exact) mass is 162 g/mol. The molecule has 3 atom stereocenters. The third-order valence-electron chi connectivity index (χ3n) is 3.42. The molecule has 0 radical (unpaired) electrons. The van der Waals surface area contributed by atoms with Crippen LogP contribution in [-0.4, -0.2) is 11.1 Å². The molecule has 1 fully saturated rings. The van der Waals surface area contributed by atoms with Crippen LogP contribution in [0.5, 0.6) is 0 Å². The van der Waals surface area contributed by atoms with Crippen molar-refractivity contribution in [2.75, 3.05) is 0 Å². The Morgan fingerprint density at radius 3 is 2.08 bits per heavy atom. The molecule has 2 bridgehead atoms. The molecule has 12 heavy (non-hydrogen) atoms. The van der Waals surface area contributed by atoms with Gasteiger partial charge < -0.3 is 5.11 Å². The molecular weight excluding hydrogens is 152 g/mol. The third kappa shape index (κ3) is 0.591. The summed E-state index contributed by atoms with van der Waals surface area (Å²) in [7, 11) is 0. The molecular formula is C10H10O2. The number of carbonyl (C=O) groups is 1. The van der Waals surface area contributed by atoms with Crippen LogP contribution in [0.25, 0.3) is 0 Å². The smallest absolute Gasteiger partial charge is 0.307 e. The molecule has 3 aliphatic rings. The van der Waals surface area contributed by atoms with Crippen molar-refractivity contribution in [3.05, 3.63) is 24.3 Å². The minimum absolute atomic E-state index is 0.130. The lowest BCUT2D eigenvalue weighted by molar-refractivity contribution is -0.143. The molecule has 0 aromatic carbocycles. The van der Waals surface area contributed by atoms with E-state index in [9.17, 15) is 4.79 Å². The standard InChI is InChI=1S/C10H10O2/c11-10(12)8-5-1-3-6-7(4-2-5)9(6)8/h1-9H,(H,11,12). The molecule has 3 aliphatic carbocycles. The van der Waals surface area contributed by atoms with E-state index in [-0.39, 0.29) is 11.8 Å². The molecule has 62 valence electrons. The Kier molecular flexibility index (Phi) is 0.978. The lowest BCUT2D eigenvalue weighted by atomic mass is 9.81. The Balaban J connectivity index is 2.05. The Labute approximate surface area is 70.6 Å². The summed E-state index contributed by atoms with van der Waals surface area (Å²) >= 11 is 0. The minimum Gasteiger partial charge on any atom is -0.481 e. The quantitative estimate of drug-likeness (QED) is 0.590. The average Bonchev–Trinajstić information content (AvgIpc) is 2.77. The van der Waals surface area contributed by atoms with Crippen molar-refractivity contribution in [1.29, 1.82) is 0 Å². The zero-order valence-corrected chi connectivity index (χ0v) is 6.55. The Morgan fingerprint density at radius 1 is 1.08 bits per heavy atom. The number of rotatable bonds is 1. The van der Waals surface area contributed by atoms with Gasteiger partial charge in [0.25, 0.3) is 0 Å². The highest BCUT2D eigenvalue weighted by Crippen LogP contribution is 2.60. The minimum atomic E-state index is -0.619. The van der Waals surface area contributed by atoms with Gasteiger partial charge in [-0.25, -0.2) is 0 Å². The van der Waals surface area contributed by atoms with E-state index < -0.39 is 5.97 Å². The van der Waals surface area contributed by atoms with Gasteiger partial charge in [-0.3, -0.25) is 4.79 Å². The summed E-state index contributed by atoms with van der Waals surface area (Å²) in [6, 6.07) is 0. The van der Waals surface area contributed by atoms with Gasteiger partial charge in [0.2, 0.25) is 0 Å². The van der Waals surface area contributed by atoms with E-state index in [0.717, 1.165) is 0 Å². The maximum atomic E-state index is 10.9. The zero-order valence-electron chi connectivity index (χ0n) is 6.55. The molecule has 0 aliphatic heterocycles. The van der Waals surface area contributed by atoms with E-state index in [4.69, 9.17) is 5.11 Å². The van der Waals surface area contributed by atoms with Gasteiger partial charge in [-0.2, -0.15) is 0 Å². The molecule has 0 amide bonds. The SMILES string of the molecule is O=C(O)C1C2C=CC3C(C=C2)C31. The van der Waals surface area contributed by atoms with Crippen molar-refractivity contribution < 1.29 is 9.90 Å². The van der Waals surface area contributed by atoms with Crippen LogP contribution in [0.1, 0.15) is 0 Å². The highest BCUT2D eigenvalue weighted by Gasteiger charge is 2.58. The summed E-state index contributed by atoms with van der Waals surface area (Å²) in [4.78, 5) is 10.9. The number of hydrogen-bond acceptors (Lipinski definition) is 1. The van der Waals surface area contributed by atoms with Crippen molar-refractivity contribution in [3.8, 4) is 0 Å². The first-order chi connectivity index (χ1) is 5.79. The molecule has 3 rings (SSSR count). The van der Waals surface area contributed by atoms with E-state index >= 15 is 0 Å². The molecule has 0 aromatic heterocycles. The molecule has 0 spiro atoms. The number of carboxylic acids is 1. The van der Waals surface area contributed by atoms with Crippen molar-refractivity contribution >= 4 is 5.97 Å². The number of aliphatic carboxylic acids is 1. The first-order valence-electron chi connectivity index (χ1n) is 4.38. The molecule has 2 heteroatoms. The fourth-order valence-electron chi connectivity index (χ4n) is 2.78. The van der Waals surface area contributed by atoms with Crippen molar-refractivity contribution in [1.82, 2.24) is 0 Å². The van der Waals surface area contributed by atoms with Gasteiger partial charge in [0.1, 0.15) is 0 Å². The molecule has 0 heterocycles. The first kappa shape index (κ1) is 6.46. The van der Waals surface area contributed by atoms with Crippen LogP contribution in [0.4, 0.5) is 0 Å². The summed E-state index contributed by atoms with van der Waals surface area (Å²) in [5, 5.41) is 8.99. The fraction of sp³-hybridized carbons (Fsp3) is 0.500. The molecule has 1 N–H and O–H groups in total. The number of allylic oxidation sites excluding steroid dienone is 4. The van der Waals surface area contributed by atoms with E-state index in [1.165, 1.54) is 0 Å². The van der Waals surface area contributed by atoms with Gasteiger partial charge in [-0.1, -0.05) is 24.3 Å². The summed E-state index contributed by atoms with van der Waals surface area (Å²) in [5.41, 5.74) is 0. The van der Waals surface area contributed by atoms with Crippen LogP contribution in [0.2, 0.25) is 0 Å². The molecule has 0 aromatic rings. The normalized spacial score (nSPS) is 52.2. The van der Waals surface area contributed by atoms with E-state index in [0.29, 0.717) is 17.8 Å². The molecule has 2 nitrogen and oxygen atoms in total. The maximum absolute atomic E-state index is 10.9. The lowest BCUT2D eigenvalue weighted by Gasteiger charge is -2.22. The Bertz CT molecular complexity index is 283. The highest BCUT2D eigenvalue weighted by molar-refractivity contribution is 5.73. The van der Waals surface area contributed by atoms with Gasteiger partial charge in [0, 0.05) is 5.92 Å². The summed E-state index contributed by atoms with van der Waals surface area (Å²) in [6.45, 7) is 0. The largest absolute Gasteiger partial charge is 0.481 e. The lowest BCUT2D eigenvalue weighted by Crippen LogP contribution is -2.27. The third-order valence-corrected chi connectivity index (χ3v) is 3.42. The van der Waals surface area contributed by atoms with Crippen LogP contribution in [0, 0.1) is 29.6 Å². The van der Waals surface area contributed by atoms with Crippen molar-refractivity contribution in [3.63, 3.8) is 0 Å². The number of hydrogen-bond donors (Lipinski definition) is 1. The van der Waals surface area contributed by atoms with Crippen molar-refractivity contribution in [2.45, 2.75) is 0 Å². The Morgan fingerprint density at radius 2 is 1.67 bits per heavy atom. The van der Waals surface area contributed by atoms with E-state index in [1.807, 2.05) is 0 Å². The van der Waals surface area contributed by atoms with Gasteiger partial charge >= 0.3 is 5.97 Å². The Hall–Kier alpha value is -1.05. The number of fused-ring (bicyclic) bond motifs is 2. The van der Waals surface area contributed by atoms with Gasteiger partial charge in [-0.15, -0.1) is 0 Å². The molecule has 1 saturated carbocycles. The topological polar surface area (TPSA) is 37.3 Å². The van der Waals surface area contributed by atoms with Crippen LogP contribution in [-0.2, 0) is 4.79 Å². The average molecular weight is 162 g/mol. The fourth-order valence-corrected chi connectivity index (χ4v) is 2.78. The number of carboxylic acid groups (broad SMARTS) is 1. The predicted octanol–water partition coefficient (Wildman–Crippen LogP) is 1.31. The highest BCUT2D eigenvalue weighted by atomic mass is 16.4. The zero-order chi connectivity index (χ0) is 8.29. The van der Waals surface area contributed by atoms with Crippen molar-refractivity contribution in [2.24, 2.45) is 29.6 Å². The maximum Gasteiger partial charge on any atom is 0.307 e. The van der Waals surface area contributed by atoms with Gasteiger partial charge in [0.05, 0.1) is 5.92 Å². The van der Waals surface area contributed by atoms with Crippen LogP contribution < -0.4 is 0 Å². The summed E-state index contributed by atoms with van der Waals surface area (Å²) in [5.74, 6) is 0.924. The van der Waals surface area contributed by atoms with Gasteiger partial charge in [-0.05, 0) is 17.8 Å².